The number of anilines is 1. The number of fused-ring (bicyclic) bond motifs is 1. The molecule has 2 atom stereocenters. The molecule has 4 N–H and O–H groups in total. The predicted molar refractivity (Wildman–Crippen MR) is 88.8 cm³/mol. The van der Waals surface area contributed by atoms with Crippen LogP contribution in [0.3, 0.4) is 0 Å². The monoisotopic (exact) mass is 312 g/mol. The van der Waals surface area contributed by atoms with E-state index in [9.17, 15) is 9.59 Å². The summed E-state index contributed by atoms with van der Waals surface area (Å²) in [5, 5.41) is 6.67. The van der Waals surface area contributed by atoms with Crippen molar-refractivity contribution in [3.05, 3.63) is 36.5 Å². The average Bonchev–Trinajstić information content (AvgIpc) is 2.55. The second kappa shape index (κ2) is 6.64. The Kier molecular flexibility index (Phi) is 4.41. The number of nitrogens with one attached hydrogen (secondary N) is 2. The summed E-state index contributed by atoms with van der Waals surface area (Å²) < 4.78 is 0. The molecule has 1 aromatic carbocycles. The van der Waals surface area contributed by atoms with Crippen LogP contribution in [0.2, 0.25) is 0 Å². The van der Waals surface area contributed by atoms with Gasteiger partial charge < -0.3 is 16.4 Å². The van der Waals surface area contributed by atoms with E-state index in [4.69, 9.17) is 5.73 Å². The van der Waals surface area contributed by atoms with E-state index in [1.165, 1.54) is 0 Å². The number of para-hydroxylation sites is 1. The van der Waals surface area contributed by atoms with Crippen LogP contribution >= 0.6 is 0 Å². The van der Waals surface area contributed by atoms with Crippen LogP contribution in [0.4, 0.5) is 10.5 Å². The second-order valence-corrected chi connectivity index (χ2v) is 5.88. The number of carbonyl (C=O) groups is 2. The fourth-order valence-corrected chi connectivity index (χ4v) is 3.18. The molecule has 6 heteroatoms. The van der Waals surface area contributed by atoms with E-state index in [1.807, 2.05) is 24.3 Å². The van der Waals surface area contributed by atoms with Crippen molar-refractivity contribution in [3.63, 3.8) is 0 Å². The summed E-state index contributed by atoms with van der Waals surface area (Å²) in [5.41, 5.74) is 6.82. The van der Waals surface area contributed by atoms with E-state index < -0.39 is 0 Å². The molecule has 1 aliphatic carbocycles. The molecule has 0 spiro atoms. The Hall–Kier alpha value is -2.63. The third kappa shape index (κ3) is 3.41. The number of primary amides is 1. The number of pyridine rings is 1. The van der Waals surface area contributed by atoms with Crippen molar-refractivity contribution < 1.29 is 9.59 Å². The van der Waals surface area contributed by atoms with E-state index >= 15 is 0 Å². The Morgan fingerprint density at radius 2 is 1.91 bits per heavy atom. The first-order valence-corrected chi connectivity index (χ1v) is 7.86. The highest BCUT2D eigenvalue weighted by Gasteiger charge is 2.30. The molecule has 1 aromatic heterocycles. The molecule has 0 bridgehead atoms. The maximum Gasteiger partial charge on any atom is 0.319 e. The van der Waals surface area contributed by atoms with Gasteiger partial charge in [0.2, 0.25) is 5.91 Å². The number of aromatic nitrogens is 1. The van der Waals surface area contributed by atoms with Gasteiger partial charge in [0.1, 0.15) is 0 Å². The summed E-state index contributed by atoms with van der Waals surface area (Å²) in [5.74, 6) is -0.637. The predicted octanol–water partition coefficient (Wildman–Crippen LogP) is 2.40. The number of amides is 3. The van der Waals surface area contributed by atoms with Gasteiger partial charge in [-0.05, 0) is 25.0 Å². The van der Waals surface area contributed by atoms with Gasteiger partial charge in [-0.3, -0.25) is 9.78 Å². The van der Waals surface area contributed by atoms with E-state index in [1.54, 1.807) is 12.3 Å². The van der Waals surface area contributed by atoms with Crippen molar-refractivity contribution in [1.82, 2.24) is 10.3 Å². The van der Waals surface area contributed by atoms with Gasteiger partial charge in [-0.25, -0.2) is 4.79 Å². The summed E-state index contributed by atoms with van der Waals surface area (Å²) in [4.78, 5) is 28.1. The third-order valence-electron chi connectivity index (χ3n) is 4.33. The lowest BCUT2D eigenvalue weighted by molar-refractivity contribution is -0.123. The van der Waals surface area contributed by atoms with E-state index in [-0.39, 0.29) is 23.9 Å². The standard InChI is InChI=1S/C17H20N4O2/c18-16(22)12-7-1-2-8-13(12)20-17(23)21-14-9-3-5-11-6-4-10-19-15(11)14/h3-6,9-10,12-13H,1-2,7-8H2,(H2,18,22)(H2,20,21,23)/t12-,13+/m1/s1. The molecule has 0 aliphatic heterocycles. The molecule has 6 nitrogen and oxygen atoms in total. The van der Waals surface area contributed by atoms with Gasteiger partial charge in [-0.15, -0.1) is 0 Å². The molecular weight excluding hydrogens is 292 g/mol. The molecule has 1 heterocycles. The number of urea groups is 1. The lowest BCUT2D eigenvalue weighted by atomic mass is 9.84. The first-order chi connectivity index (χ1) is 11.1. The molecule has 1 fully saturated rings. The van der Waals surface area contributed by atoms with Gasteiger partial charge in [0.25, 0.3) is 0 Å². The van der Waals surface area contributed by atoms with Gasteiger partial charge >= 0.3 is 6.03 Å². The third-order valence-corrected chi connectivity index (χ3v) is 4.33. The van der Waals surface area contributed by atoms with Crippen molar-refractivity contribution >= 4 is 28.5 Å². The Morgan fingerprint density at radius 3 is 2.74 bits per heavy atom. The van der Waals surface area contributed by atoms with E-state index in [2.05, 4.69) is 15.6 Å². The highest BCUT2D eigenvalue weighted by Crippen LogP contribution is 2.25. The van der Waals surface area contributed by atoms with E-state index in [0.29, 0.717) is 5.69 Å². The normalized spacial score (nSPS) is 20.9. The zero-order valence-electron chi connectivity index (χ0n) is 12.8. The molecule has 0 saturated heterocycles. The summed E-state index contributed by atoms with van der Waals surface area (Å²) in [6.45, 7) is 0. The Morgan fingerprint density at radius 1 is 1.13 bits per heavy atom. The quantitative estimate of drug-likeness (QED) is 0.811. The summed E-state index contributed by atoms with van der Waals surface area (Å²) in [6, 6.07) is 8.87. The van der Waals surface area contributed by atoms with Crippen molar-refractivity contribution in [2.75, 3.05) is 5.32 Å². The lowest BCUT2D eigenvalue weighted by Gasteiger charge is -2.29. The molecular formula is C17H20N4O2. The number of hydrogen-bond acceptors (Lipinski definition) is 3. The minimum Gasteiger partial charge on any atom is -0.369 e. The minimum atomic E-state index is -0.346. The Bertz CT molecular complexity index is 726. The molecule has 0 unspecified atom stereocenters. The molecule has 2 aromatic rings. The smallest absolute Gasteiger partial charge is 0.319 e. The maximum absolute atomic E-state index is 12.3. The molecule has 3 rings (SSSR count). The van der Waals surface area contributed by atoms with Gasteiger partial charge in [0.15, 0.2) is 0 Å². The van der Waals surface area contributed by atoms with Gasteiger partial charge in [0.05, 0.1) is 17.1 Å². The second-order valence-electron chi connectivity index (χ2n) is 5.88. The first kappa shape index (κ1) is 15.3. The Balaban J connectivity index is 1.72. The molecule has 120 valence electrons. The van der Waals surface area contributed by atoms with Crippen LogP contribution in [-0.2, 0) is 4.79 Å². The number of benzene rings is 1. The molecule has 1 saturated carbocycles. The number of nitrogens with two attached hydrogens (primary N) is 1. The fraction of sp³-hybridized carbons (Fsp3) is 0.353. The Labute approximate surface area is 134 Å². The molecule has 0 radical (unpaired) electrons. The number of hydrogen-bond donors (Lipinski definition) is 3. The van der Waals surface area contributed by atoms with Crippen molar-refractivity contribution in [3.8, 4) is 0 Å². The van der Waals surface area contributed by atoms with Crippen LogP contribution in [0.1, 0.15) is 25.7 Å². The van der Waals surface area contributed by atoms with Gasteiger partial charge in [0, 0.05) is 17.6 Å². The van der Waals surface area contributed by atoms with Crippen LogP contribution in [0.5, 0.6) is 0 Å². The van der Waals surface area contributed by atoms with Crippen molar-refractivity contribution in [1.29, 1.82) is 0 Å². The van der Waals surface area contributed by atoms with E-state index in [0.717, 1.165) is 36.6 Å². The minimum absolute atomic E-state index is 0.204. The topological polar surface area (TPSA) is 97.1 Å². The summed E-state index contributed by atoms with van der Waals surface area (Å²) in [6.07, 6.45) is 5.16. The number of carbonyl (C=O) groups excluding carboxylic acids is 2. The van der Waals surface area contributed by atoms with Crippen molar-refractivity contribution in [2.45, 2.75) is 31.7 Å². The van der Waals surface area contributed by atoms with Crippen LogP contribution in [0.25, 0.3) is 10.9 Å². The van der Waals surface area contributed by atoms with Crippen molar-refractivity contribution in [2.24, 2.45) is 11.7 Å². The van der Waals surface area contributed by atoms with Crippen LogP contribution in [0, 0.1) is 5.92 Å². The fourth-order valence-electron chi connectivity index (χ4n) is 3.18. The largest absolute Gasteiger partial charge is 0.369 e. The van der Waals surface area contributed by atoms with Gasteiger partial charge in [-0.1, -0.05) is 31.0 Å². The number of rotatable bonds is 3. The zero-order valence-corrected chi connectivity index (χ0v) is 12.8. The van der Waals surface area contributed by atoms with Crippen LogP contribution in [0.15, 0.2) is 36.5 Å². The number of nitrogens with zero attached hydrogens (tertiary/aromatic N) is 1. The van der Waals surface area contributed by atoms with Gasteiger partial charge in [-0.2, -0.15) is 0 Å². The zero-order chi connectivity index (χ0) is 16.2. The summed E-state index contributed by atoms with van der Waals surface area (Å²) >= 11 is 0. The summed E-state index contributed by atoms with van der Waals surface area (Å²) in [7, 11) is 0. The molecule has 3 amide bonds. The van der Waals surface area contributed by atoms with Crippen LogP contribution in [-0.4, -0.2) is 23.0 Å². The maximum atomic E-state index is 12.3. The lowest BCUT2D eigenvalue weighted by Crippen LogP contribution is -2.48. The highest BCUT2D eigenvalue weighted by molar-refractivity contribution is 5.99. The first-order valence-electron chi connectivity index (χ1n) is 7.86. The molecule has 1 aliphatic rings. The highest BCUT2D eigenvalue weighted by atomic mass is 16.2. The van der Waals surface area contributed by atoms with Crippen LogP contribution < -0.4 is 16.4 Å². The average molecular weight is 312 g/mol. The SMILES string of the molecule is NC(=O)[C@@H]1CCCC[C@@H]1NC(=O)Nc1cccc2cccnc12. The molecule has 23 heavy (non-hydrogen) atoms.